The number of aliphatic hydroxyl groups is 2. The standard InChI is InChI=1S/C30H36O5/c1-17(2)7-8-22-20(6)13-21-14-23-27(29(35)26(21)28(22)34)24(32)15-25(33)30(23,11-9-18(3)4)12-10-19(5)16-31/h7,9-10,13-15,31-32,34-35H,8,11-12,16H2,1-6H3/b19-10+/t30-/m1/s1. The van der Waals surface area contributed by atoms with Crippen LogP contribution < -0.4 is 0 Å². The molecule has 0 saturated carbocycles. The summed E-state index contributed by atoms with van der Waals surface area (Å²) in [5.41, 5.74) is 4.10. The van der Waals surface area contributed by atoms with Gasteiger partial charge in [0.15, 0.2) is 5.78 Å². The molecule has 1 aliphatic carbocycles. The fourth-order valence-electron chi connectivity index (χ4n) is 4.67. The molecule has 2 aromatic carbocycles. The van der Waals surface area contributed by atoms with Crippen molar-refractivity contribution in [2.24, 2.45) is 0 Å². The van der Waals surface area contributed by atoms with Crippen LogP contribution in [0.3, 0.4) is 0 Å². The Morgan fingerprint density at radius 2 is 1.54 bits per heavy atom. The first-order chi connectivity index (χ1) is 16.4. The van der Waals surface area contributed by atoms with Crippen molar-refractivity contribution < 1.29 is 25.2 Å². The summed E-state index contributed by atoms with van der Waals surface area (Å²) in [4.78, 5) is 13.5. The van der Waals surface area contributed by atoms with Crippen molar-refractivity contribution in [3.63, 3.8) is 0 Å². The van der Waals surface area contributed by atoms with E-state index in [1.807, 2.05) is 65.0 Å². The average Bonchev–Trinajstić information content (AvgIpc) is 2.77. The molecule has 3 rings (SSSR count). The van der Waals surface area contributed by atoms with Crippen molar-refractivity contribution >= 4 is 22.3 Å². The minimum atomic E-state index is -1.06. The number of aliphatic hydroxyl groups excluding tert-OH is 2. The van der Waals surface area contributed by atoms with Gasteiger partial charge in [0.05, 0.1) is 23.0 Å². The third kappa shape index (κ3) is 4.92. The molecule has 0 saturated heterocycles. The number of phenolic OH excluding ortho intramolecular Hbond substituents is 2. The number of aromatic hydroxyl groups is 2. The number of carbonyl (C=O) groups is 1. The monoisotopic (exact) mass is 476 g/mol. The number of hydrogen-bond donors (Lipinski definition) is 4. The quantitative estimate of drug-likeness (QED) is 0.343. The SMILES string of the molecule is CC(C)=CCc1c(C)cc2cc3c(c(O)c2c1O)C(O)=CC(=O)[C@]3(CC=C(C)C)C/C=C(\C)CO. The lowest BCUT2D eigenvalue weighted by molar-refractivity contribution is -0.120. The van der Waals surface area contributed by atoms with E-state index in [1.165, 1.54) is 6.08 Å². The van der Waals surface area contributed by atoms with Gasteiger partial charge in [-0.15, -0.1) is 0 Å². The fourth-order valence-corrected chi connectivity index (χ4v) is 4.67. The second-order valence-corrected chi connectivity index (χ2v) is 10.1. The summed E-state index contributed by atoms with van der Waals surface area (Å²) in [6.45, 7) is 11.5. The molecule has 0 aliphatic heterocycles. The number of hydrogen-bond acceptors (Lipinski definition) is 5. The van der Waals surface area contributed by atoms with E-state index in [0.717, 1.165) is 22.3 Å². The maximum atomic E-state index is 13.5. The normalized spacial score (nSPS) is 17.7. The average molecular weight is 477 g/mol. The van der Waals surface area contributed by atoms with Crippen LogP contribution in [-0.4, -0.2) is 32.8 Å². The predicted molar refractivity (Wildman–Crippen MR) is 142 cm³/mol. The van der Waals surface area contributed by atoms with Gasteiger partial charge in [0.2, 0.25) is 0 Å². The van der Waals surface area contributed by atoms with E-state index in [1.54, 1.807) is 6.92 Å². The lowest BCUT2D eigenvalue weighted by atomic mass is 9.66. The van der Waals surface area contributed by atoms with Crippen LogP contribution in [0.5, 0.6) is 11.5 Å². The molecular weight excluding hydrogens is 440 g/mol. The number of fused-ring (bicyclic) bond motifs is 2. The van der Waals surface area contributed by atoms with Crippen LogP contribution in [0.25, 0.3) is 16.5 Å². The van der Waals surface area contributed by atoms with Crippen LogP contribution in [0, 0.1) is 6.92 Å². The van der Waals surface area contributed by atoms with Crippen LogP contribution >= 0.6 is 0 Å². The maximum Gasteiger partial charge on any atom is 0.170 e. The van der Waals surface area contributed by atoms with Crippen LogP contribution in [-0.2, 0) is 16.6 Å². The fraction of sp³-hybridized carbons (Fsp3) is 0.367. The summed E-state index contributed by atoms with van der Waals surface area (Å²) in [6.07, 6.45) is 8.18. The molecule has 35 heavy (non-hydrogen) atoms. The summed E-state index contributed by atoms with van der Waals surface area (Å²) in [6, 6.07) is 3.72. The second kappa shape index (κ2) is 10.1. The Labute approximate surface area is 207 Å². The van der Waals surface area contributed by atoms with Crippen LogP contribution in [0.2, 0.25) is 0 Å². The van der Waals surface area contributed by atoms with E-state index >= 15 is 0 Å². The van der Waals surface area contributed by atoms with E-state index in [9.17, 15) is 25.2 Å². The molecule has 1 atom stereocenters. The highest BCUT2D eigenvalue weighted by Gasteiger charge is 2.44. The summed E-state index contributed by atoms with van der Waals surface area (Å²) in [7, 11) is 0. The van der Waals surface area contributed by atoms with E-state index in [2.05, 4.69) is 0 Å². The molecule has 5 nitrogen and oxygen atoms in total. The summed E-state index contributed by atoms with van der Waals surface area (Å²) in [5, 5.41) is 43.8. The number of benzene rings is 2. The van der Waals surface area contributed by atoms with E-state index < -0.39 is 5.41 Å². The Kier molecular flexibility index (Phi) is 7.61. The minimum absolute atomic E-state index is 0.0200. The first-order valence-electron chi connectivity index (χ1n) is 11.9. The number of rotatable bonds is 7. The zero-order valence-electron chi connectivity index (χ0n) is 21.5. The molecule has 5 heteroatoms. The van der Waals surface area contributed by atoms with Gasteiger partial charge in [-0.3, -0.25) is 4.79 Å². The highest BCUT2D eigenvalue weighted by molar-refractivity contribution is 6.11. The highest BCUT2D eigenvalue weighted by Crippen LogP contribution is 2.50. The van der Waals surface area contributed by atoms with Gasteiger partial charge >= 0.3 is 0 Å². The van der Waals surface area contributed by atoms with Gasteiger partial charge in [-0.25, -0.2) is 0 Å². The van der Waals surface area contributed by atoms with E-state index in [-0.39, 0.29) is 40.6 Å². The Morgan fingerprint density at radius 1 is 0.914 bits per heavy atom. The van der Waals surface area contributed by atoms with Crippen molar-refractivity contribution in [2.45, 2.75) is 66.2 Å². The smallest absolute Gasteiger partial charge is 0.170 e. The molecule has 0 radical (unpaired) electrons. The Hall–Kier alpha value is -3.31. The van der Waals surface area contributed by atoms with Crippen molar-refractivity contribution in [1.29, 1.82) is 0 Å². The zero-order valence-corrected chi connectivity index (χ0v) is 21.5. The second-order valence-electron chi connectivity index (χ2n) is 10.1. The van der Waals surface area contributed by atoms with Gasteiger partial charge in [0, 0.05) is 11.6 Å². The van der Waals surface area contributed by atoms with Gasteiger partial charge in [-0.1, -0.05) is 41.0 Å². The van der Waals surface area contributed by atoms with Gasteiger partial charge in [0.25, 0.3) is 0 Å². The van der Waals surface area contributed by atoms with E-state index in [0.29, 0.717) is 35.8 Å². The third-order valence-corrected chi connectivity index (χ3v) is 6.83. The molecule has 0 aromatic heterocycles. The number of phenols is 2. The van der Waals surface area contributed by atoms with Crippen molar-refractivity contribution in [1.82, 2.24) is 0 Å². The van der Waals surface area contributed by atoms with Gasteiger partial charge in [0.1, 0.15) is 17.3 Å². The summed E-state index contributed by atoms with van der Waals surface area (Å²) >= 11 is 0. The van der Waals surface area contributed by atoms with Gasteiger partial charge in [-0.2, -0.15) is 0 Å². The number of ketones is 1. The molecule has 4 N–H and O–H groups in total. The molecule has 0 unspecified atom stereocenters. The van der Waals surface area contributed by atoms with Crippen molar-refractivity contribution in [3.05, 3.63) is 75.4 Å². The topological polar surface area (TPSA) is 98.0 Å². The van der Waals surface area contributed by atoms with Crippen LogP contribution in [0.4, 0.5) is 0 Å². The number of allylic oxidation sites excluding steroid dienone is 6. The summed E-state index contributed by atoms with van der Waals surface area (Å²) < 4.78 is 0. The van der Waals surface area contributed by atoms with Crippen LogP contribution in [0.15, 0.2) is 53.2 Å². The van der Waals surface area contributed by atoms with E-state index in [4.69, 9.17) is 0 Å². The Morgan fingerprint density at radius 3 is 2.14 bits per heavy atom. The molecule has 0 bridgehead atoms. The molecule has 0 amide bonds. The Balaban J connectivity index is 2.39. The molecule has 1 aliphatic rings. The minimum Gasteiger partial charge on any atom is -0.507 e. The zero-order chi connectivity index (χ0) is 26.1. The first-order valence-corrected chi connectivity index (χ1v) is 11.9. The number of carbonyl (C=O) groups excluding carboxylic acids is 1. The molecule has 0 heterocycles. The lowest BCUT2D eigenvalue weighted by Gasteiger charge is -2.36. The Bertz CT molecular complexity index is 1300. The van der Waals surface area contributed by atoms with Crippen molar-refractivity contribution in [2.75, 3.05) is 6.61 Å². The number of aryl methyl sites for hydroxylation is 1. The van der Waals surface area contributed by atoms with Gasteiger partial charge in [-0.05, 0) is 83.4 Å². The largest absolute Gasteiger partial charge is 0.507 e. The third-order valence-electron chi connectivity index (χ3n) is 6.83. The molecule has 186 valence electrons. The lowest BCUT2D eigenvalue weighted by Crippen LogP contribution is -2.37. The van der Waals surface area contributed by atoms with Crippen molar-refractivity contribution in [3.8, 4) is 11.5 Å². The highest BCUT2D eigenvalue weighted by atomic mass is 16.3. The van der Waals surface area contributed by atoms with Gasteiger partial charge < -0.3 is 20.4 Å². The first kappa shape index (κ1) is 26.3. The molecule has 2 aromatic rings. The maximum absolute atomic E-state index is 13.5. The molecule has 0 fully saturated rings. The van der Waals surface area contributed by atoms with Crippen LogP contribution in [0.1, 0.15) is 69.7 Å². The molecule has 0 spiro atoms. The summed E-state index contributed by atoms with van der Waals surface area (Å²) in [5.74, 6) is -0.833. The molecular formula is C30H36O5. The predicted octanol–water partition coefficient (Wildman–Crippen LogP) is 6.47.